The number of benzene rings is 1. The van der Waals surface area contributed by atoms with Crippen LogP contribution in [0.5, 0.6) is 5.75 Å². The van der Waals surface area contributed by atoms with E-state index in [2.05, 4.69) is 67.6 Å². The van der Waals surface area contributed by atoms with Gasteiger partial charge in [0.15, 0.2) is 0 Å². The van der Waals surface area contributed by atoms with E-state index < -0.39 is 0 Å². The van der Waals surface area contributed by atoms with Gasteiger partial charge in [0.2, 0.25) is 17.8 Å². The van der Waals surface area contributed by atoms with Gasteiger partial charge in [0.25, 0.3) is 0 Å². The summed E-state index contributed by atoms with van der Waals surface area (Å²) >= 11 is 0. The van der Waals surface area contributed by atoms with Gasteiger partial charge < -0.3 is 30.1 Å². The zero-order valence-electron chi connectivity index (χ0n) is 25.7. The van der Waals surface area contributed by atoms with E-state index in [0.717, 1.165) is 35.9 Å². The number of methoxy groups -OCH3 is 1. The normalized spacial score (nSPS) is 14.9. The first-order valence-corrected chi connectivity index (χ1v) is 14.4. The minimum atomic E-state index is -0.313. The van der Waals surface area contributed by atoms with E-state index in [4.69, 9.17) is 14.7 Å². The first-order valence-electron chi connectivity index (χ1n) is 14.4. The van der Waals surface area contributed by atoms with Crippen LogP contribution in [0, 0.1) is 17.8 Å². The van der Waals surface area contributed by atoms with Crippen molar-refractivity contribution in [3.63, 3.8) is 0 Å². The van der Waals surface area contributed by atoms with Crippen molar-refractivity contribution in [2.45, 2.75) is 32.1 Å². The monoisotopic (exact) mass is 581 g/mol. The van der Waals surface area contributed by atoms with Gasteiger partial charge in [0, 0.05) is 44.1 Å². The van der Waals surface area contributed by atoms with Crippen LogP contribution in [-0.2, 0) is 10.2 Å². The fraction of sp³-hybridized carbons (Fsp3) is 0.406. The fourth-order valence-electron chi connectivity index (χ4n) is 4.88. The fourth-order valence-corrected chi connectivity index (χ4v) is 4.88. The summed E-state index contributed by atoms with van der Waals surface area (Å²) in [6.07, 6.45) is 5.09. The van der Waals surface area contributed by atoms with Crippen molar-refractivity contribution in [3.8, 4) is 17.6 Å². The van der Waals surface area contributed by atoms with Gasteiger partial charge in [-0.05, 0) is 57.1 Å². The smallest absolute Gasteiger partial charge is 0.247 e. The number of nitrogens with zero attached hydrogens (tertiary/aromatic N) is 7. The van der Waals surface area contributed by atoms with Crippen LogP contribution in [-0.4, -0.2) is 78.6 Å². The Morgan fingerprint density at radius 2 is 1.95 bits per heavy atom. The topological polar surface area (TPSA) is 112 Å². The van der Waals surface area contributed by atoms with Gasteiger partial charge in [-0.2, -0.15) is 4.98 Å². The number of hydrogen-bond donors (Lipinski definition) is 2. The molecule has 0 unspecified atom stereocenters. The largest absolute Gasteiger partial charge is 0.494 e. The Labute approximate surface area is 253 Å². The molecule has 1 aliphatic carbocycles. The van der Waals surface area contributed by atoms with Gasteiger partial charge in [-0.25, -0.2) is 15.0 Å². The number of carbonyl (C=O) groups excluding carboxylic acids is 1. The summed E-state index contributed by atoms with van der Waals surface area (Å²) in [6.45, 7) is 10.2. The van der Waals surface area contributed by atoms with E-state index >= 15 is 0 Å². The van der Waals surface area contributed by atoms with E-state index in [0.29, 0.717) is 41.5 Å². The molecule has 11 nitrogen and oxygen atoms in total. The Morgan fingerprint density at radius 1 is 1.16 bits per heavy atom. The first-order chi connectivity index (χ1) is 20.6. The molecule has 0 spiro atoms. The van der Waals surface area contributed by atoms with Gasteiger partial charge in [0.1, 0.15) is 17.8 Å². The van der Waals surface area contributed by atoms with Crippen molar-refractivity contribution in [1.82, 2.24) is 24.8 Å². The highest BCUT2D eigenvalue weighted by molar-refractivity contribution is 6.02. The van der Waals surface area contributed by atoms with Crippen molar-refractivity contribution in [3.05, 3.63) is 54.6 Å². The van der Waals surface area contributed by atoms with E-state index in [9.17, 15) is 4.79 Å². The maximum absolute atomic E-state index is 12.3. The summed E-state index contributed by atoms with van der Waals surface area (Å²) < 4.78 is 5.74. The van der Waals surface area contributed by atoms with Gasteiger partial charge in [0.05, 0.1) is 35.6 Å². The second-order valence-electron chi connectivity index (χ2n) is 11.8. The lowest BCUT2D eigenvalue weighted by Gasteiger charge is -2.26. The number of fused-ring (bicyclic) bond motifs is 1. The predicted octanol–water partition coefficient (Wildman–Crippen LogP) is 4.33. The average molecular weight is 582 g/mol. The third-order valence-corrected chi connectivity index (χ3v) is 7.44. The number of ether oxygens (including phenoxy) is 1. The Kier molecular flexibility index (Phi) is 8.50. The molecule has 2 aliphatic rings. The van der Waals surface area contributed by atoms with Crippen molar-refractivity contribution >= 4 is 40.6 Å². The van der Waals surface area contributed by atoms with Crippen molar-refractivity contribution < 1.29 is 9.53 Å². The van der Waals surface area contributed by atoms with Gasteiger partial charge >= 0.3 is 0 Å². The molecule has 0 saturated heterocycles. The lowest BCUT2D eigenvalue weighted by atomic mass is 9.91. The molecular weight excluding hydrogens is 542 g/mol. The SMILES string of the molecule is C=CC(=O)Nc1cc(Nc2ncnc(N3CC(C)(C)c4nc(C#CC5CC5)ccc43)n2)c(OC)cc1N(C)CCN(C)C. The van der Waals surface area contributed by atoms with Gasteiger partial charge in [-0.1, -0.05) is 26.3 Å². The summed E-state index contributed by atoms with van der Waals surface area (Å²) in [6, 6.07) is 7.71. The van der Waals surface area contributed by atoms with Crippen molar-refractivity contribution in [2.24, 2.45) is 5.92 Å². The minimum absolute atomic E-state index is 0.219. The Bertz CT molecular complexity index is 1590. The number of pyridine rings is 1. The highest BCUT2D eigenvalue weighted by Crippen LogP contribution is 2.43. The van der Waals surface area contributed by atoms with Crippen LogP contribution in [0.25, 0.3) is 0 Å². The molecule has 0 atom stereocenters. The van der Waals surface area contributed by atoms with Crippen LogP contribution < -0.4 is 25.2 Å². The van der Waals surface area contributed by atoms with Crippen LogP contribution in [0.3, 0.4) is 0 Å². The highest BCUT2D eigenvalue weighted by Gasteiger charge is 2.38. The Hall–Kier alpha value is -4.69. The van der Waals surface area contributed by atoms with Crippen LogP contribution in [0.4, 0.5) is 34.6 Å². The average Bonchev–Trinajstić information content (AvgIpc) is 3.78. The number of amides is 1. The third kappa shape index (κ3) is 6.87. The number of rotatable bonds is 10. The predicted molar refractivity (Wildman–Crippen MR) is 171 cm³/mol. The van der Waals surface area contributed by atoms with E-state index in [1.54, 1.807) is 7.11 Å². The van der Waals surface area contributed by atoms with Crippen LogP contribution in [0.1, 0.15) is 38.1 Å². The quantitative estimate of drug-likeness (QED) is 0.265. The van der Waals surface area contributed by atoms with Crippen LogP contribution >= 0.6 is 0 Å². The lowest BCUT2D eigenvalue weighted by Crippen LogP contribution is -2.29. The summed E-state index contributed by atoms with van der Waals surface area (Å²) in [7, 11) is 7.61. The molecule has 1 aliphatic heterocycles. The highest BCUT2D eigenvalue weighted by atomic mass is 16.5. The number of nitrogens with one attached hydrogen (secondary N) is 2. The molecule has 0 radical (unpaired) electrons. The molecule has 224 valence electrons. The van der Waals surface area contributed by atoms with Crippen LogP contribution in [0.15, 0.2) is 43.2 Å². The summed E-state index contributed by atoms with van der Waals surface area (Å²) in [4.78, 5) is 37.1. The number of anilines is 6. The van der Waals surface area contributed by atoms with Gasteiger partial charge in [-0.3, -0.25) is 4.79 Å². The summed E-state index contributed by atoms with van der Waals surface area (Å²) in [5.41, 5.74) is 4.50. The molecule has 43 heavy (non-hydrogen) atoms. The molecular formula is C32H39N9O2. The Balaban J connectivity index is 1.44. The molecule has 1 saturated carbocycles. The standard InChI is InChI=1S/C32H39N9O2/c1-8-28(42)36-23-17-24(27(43-7)18-26(23)40(6)16-15-39(4)5)37-30-33-20-34-31(38-30)41-19-32(2,3)29-25(41)14-13-22(35-29)12-11-21-9-10-21/h8,13-14,17-18,20-21H,1,9-10,15-16,19H2,2-7H3,(H,36,42)(H,33,34,37,38). The number of aromatic nitrogens is 4. The van der Waals surface area contributed by atoms with Crippen molar-refractivity contribution in [1.29, 1.82) is 0 Å². The summed E-state index contributed by atoms with van der Waals surface area (Å²) in [5.74, 6) is 8.16. The minimum Gasteiger partial charge on any atom is -0.494 e. The number of carbonyl (C=O) groups is 1. The van der Waals surface area contributed by atoms with E-state index in [1.165, 1.54) is 25.2 Å². The molecule has 1 fully saturated rings. The second kappa shape index (κ2) is 12.3. The van der Waals surface area contributed by atoms with E-state index in [-0.39, 0.29) is 11.3 Å². The number of likely N-dealkylation sites (N-methyl/N-ethyl adjacent to an activating group) is 2. The molecule has 2 aromatic heterocycles. The zero-order valence-corrected chi connectivity index (χ0v) is 25.7. The molecule has 0 bridgehead atoms. The zero-order chi connectivity index (χ0) is 30.7. The molecule has 1 aromatic carbocycles. The second-order valence-corrected chi connectivity index (χ2v) is 11.8. The molecule has 2 N–H and O–H groups in total. The molecule has 1 amide bonds. The van der Waals surface area contributed by atoms with E-state index in [1.807, 2.05) is 45.4 Å². The molecule has 5 rings (SSSR count). The van der Waals surface area contributed by atoms with Crippen molar-refractivity contribution in [2.75, 3.05) is 68.3 Å². The first kappa shape index (κ1) is 29.8. The summed E-state index contributed by atoms with van der Waals surface area (Å²) in [5, 5.41) is 6.19. The Morgan fingerprint density at radius 3 is 2.65 bits per heavy atom. The van der Waals surface area contributed by atoms with Crippen LogP contribution in [0.2, 0.25) is 0 Å². The number of hydrogen-bond acceptors (Lipinski definition) is 10. The molecule has 3 aromatic rings. The third-order valence-electron chi connectivity index (χ3n) is 7.44. The van der Waals surface area contributed by atoms with Gasteiger partial charge in [-0.15, -0.1) is 0 Å². The molecule has 11 heteroatoms. The maximum Gasteiger partial charge on any atom is 0.247 e. The lowest BCUT2D eigenvalue weighted by molar-refractivity contribution is -0.111. The maximum atomic E-state index is 12.3. The molecule has 3 heterocycles.